The van der Waals surface area contributed by atoms with Gasteiger partial charge in [0, 0.05) is 31.5 Å². The number of aromatic amines is 1. The van der Waals surface area contributed by atoms with Gasteiger partial charge in [-0.25, -0.2) is 4.98 Å². The van der Waals surface area contributed by atoms with Gasteiger partial charge < -0.3 is 15.6 Å². The molecule has 7 nitrogen and oxygen atoms in total. The van der Waals surface area contributed by atoms with Crippen molar-refractivity contribution in [2.24, 2.45) is 0 Å². The van der Waals surface area contributed by atoms with E-state index in [1.54, 1.807) is 12.5 Å². The Morgan fingerprint density at radius 3 is 3.06 bits per heavy atom. The summed E-state index contributed by atoms with van der Waals surface area (Å²) in [6.07, 6.45) is 7.36. The van der Waals surface area contributed by atoms with Crippen molar-refractivity contribution in [2.75, 3.05) is 12.3 Å². The van der Waals surface area contributed by atoms with E-state index in [2.05, 4.69) is 20.5 Å². The van der Waals surface area contributed by atoms with Crippen LogP contribution in [0, 0.1) is 0 Å². The fourth-order valence-electron chi connectivity index (χ4n) is 1.59. The number of carbonyl (C=O) groups excluding carboxylic acids is 1. The molecule has 4 N–H and O–H groups in total. The molecular weight excluding hydrogens is 232 g/mol. The maximum atomic E-state index is 11.6. The molecule has 0 bridgehead atoms. The van der Waals surface area contributed by atoms with E-state index in [4.69, 9.17) is 5.73 Å². The molecule has 2 aromatic rings. The van der Waals surface area contributed by atoms with Crippen molar-refractivity contribution in [3.05, 3.63) is 30.5 Å². The Bertz CT molecular complexity index is 489. The van der Waals surface area contributed by atoms with Crippen molar-refractivity contribution in [1.82, 2.24) is 25.1 Å². The smallest absolute Gasteiger partial charge is 0.269 e. The zero-order chi connectivity index (χ0) is 12.8. The highest BCUT2D eigenvalue weighted by Gasteiger charge is 2.07. The molecular formula is C11H16N6O. The third-order valence-corrected chi connectivity index (χ3v) is 2.53. The number of H-pyrrole nitrogens is 1. The van der Waals surface area contributed by atoms with Crippen molar-refractivity contribution < 1.29 is 4.79 Å². The molecule has 7 heteroatoms. The monoisotopic (exact) mass is 248 g/mol. The largest absolute Gasteiger partial charge is 0.382 e. The first-order chi connectivity index (χ1) is 8.75. The van der Waals surface area contributed by atoms with Crippen LogP contribution in [-0.4, -0.2) is 32.2 Å². The molecule has 0 unspecified atom stereocenters. The fourth-order valence-corrected chi connectivity index (χ4v) is 1.59. The minimum absolute atomic E-state index is 0.179. The van der Waals surface area contributed by atoms with Crippen molar-refractivity contribution in [1.29, 1.82) is 0 Å². The quantitative estimate of drug-likeness (QED) is 0.644. The lowest BCUT2D eigenvalue weighted by molar-refractivity contribution is 0.0948. The number of hydrogen-bond donors (Lipinski definition) is 3. The summed E-state index contributed by atoms with van der Waals surface area (Å²) in [6, 6.07) is 1.51. The van der Waals surface area contributed by atoms with E-state index in [0.29, 0.717) is 18.1 Å². The second-order valence-electron chi connectivity index (χ2n) is 3.97. The van der Waals surface area contributed by atoms with Gasteiger partial charge >= 0.3 is 0 Å². The zero-order valence-electron chi connectivity index (χ0n) is 9.97. The highest BCUT2D eigenvalue weighted by atomic mass is 16.1. The minimum atomic E-state index is -0.179. The standard InChI is InChI=1S/C11H16N6O/c12-10-7-9(15-16-10)11(18)14-3-1-2-5-17-6-4-13-8-17/h4,6-8H,1-3,5H2,(H,14,18)(H3,12,15,16). The third-order valence-electron chi connectivity index (χ3n) is 2.53. The summed E-state index contributed by atoms with van der Waals surface area (Å²) in [6.45, 7) is 1.54. The number of nitrogens with two attached hydrogens (primary N) is 1. The number of nitrogen functional groups attached to an aromatic ring is 1. The van der Waals surface area contributed by atoms with Crippen LogP contribution in [0.25, 0.3) is 0 Å². The van der Waals surface area contributed by atoms with Gasteiger partial charge in [0.1, 0.15) is 11.5 Å². The summed E-state index contributed by atoms with van der Waals surface area (Å²) in [5.41, 5.74) is 5.81. The Morgan fingerprint density at radius 1 is 1.50 bits per heavy atom. The molecule has 0 spiro atoms. The molecule has 0 atom stereocenters. The first-order valence-electron chi connectivity index (χ1n) is 5.80. The van der Waals surface area contributed by atoms with Crippen LogP contribution in [-0.2, 0) is 6.54 Å². The average molecular weight is 248 g/mol. The highest BCUT2D eigenvalue weighted by Crippen LogP contribution is 2.00. The number of hydrogen-bond acceptors (Lipinski definition) is 4. The van der Waals surface area contributed by atoms with Crippen LogP contribution < -0.4 is 11.1 Å². The maximum absolute atomic E-state index is 11.6. The molecule has 0 aliphatic rings. The Morgan fingerprint density at radius 2 is 2.39 bits per heavy atom. The van der Waals surface area contributed by atoms with E-state index in [1.165, 1.54) is 6.07 Å². The summed E-state index contributed by atoms with van der Waals surface area (Å²) >= 11 is 0. The van der Waals surface area contributed by atoms with Gasteiger partial charge in [-0.2, -0.15) is 5.10 Å². The minimum Gasteiger partial charge on any atom is -0.382 e. The third kappa shape index (κ3) is 3.34. The van der Waals surface area contributed by atoms with Crippen molar-refractivity contribution in [3.8, 4) is 0 Å². The number of carbonyl (C=O) groups is 1. The normalized spacial score (nSPS) is 10.4. The maximum Gasteiger partial charge on any atom is 0.269 e. The highest BCUT2D eigenvalue weighted by molar-refractivity contribution is 5.92. The number of nitrogens with one attached hydrogen (secondary N) is 2. The summed E-state index contributed by atoms with van der Waals surface area (Å²) in [5, 5.41) is 9.07. The van der Waals surface area contributed by atoms with Gasteiger partial charge in [0.15, 0.2) is 0 Å². The van der Waals surface area contributed by atoms with Crippen LogP contribution in [0.5, 0.6) is 0 Å². The van der Waals surface area contributed by atoms with Gasteiger partial charge in [-0.3, -0.25) is 9.89 Å². The Hall–Kier alpha value is -2.31. The molecule has 96 valence electrons. The lowest BCUT2D eigenvalue weighted by Crippen LogP contribution is -2.24. The van der Waals surface area contributed by atoms with E-state index in [1.807, 2.05) is 10.8 Å². The van der Waals surface area contributed by atoms with Crippen molar-refractivity contribution in [2.45, 2.75) is 19.4 Å². The molecule has 0 aliphatic heterocycles. The number of aryl methyl sites for hydroxylation is 1. The van der Waals surface area contributed by atoms with E-state index < -0.39 is 0 Å². The van der Waals surface area contributed by atoms with Crippen LogP contribution in [0.3, 0.4) is 0 Å². The molecule has 2 rings (SSSR count). The topological polar surface area (TPSA) is 102 Å². The number of amides is 1. The lowest BCUT2D eigenvalue weighted by Gasteiger charge is -2.04. The second kappa shape index (κ2) is 5.85. The van der Waals surface area contributed by atoms with Gasteiger partial charge in [0.25, 0.3) is 5.91 Å². The number of aromatic nitrogens is 4. The van der Waals surface area contributed by atoms with Gasteiger partial charge in [-0.15, -0.1) is 0 Å². The Labute approximate surface area is 104 Å². The molecule has 2 heterocycles. The lowest BCUT2D eigenvalue weighted by atomic mass is 10.3. The predicted octanol–water partition coefficient (Wildman–Crippen LogP) is 0.399. The number of imidazole rings is 1. The SMILES string of the molecule is Nc1cc(C(=O)NCCCCn2ccnc2)[nH]n1. The van der Waals surface area contributed by atoms with Crippen LogP contribution in [0.15, 0.2) is 24.8 Å². The van der Waals surface area contributed by atoms with E-state index >= 15 is 0 Å². The van der Waals surface area contributed by atoms with Crippen molar-refractivity contribution in [3.63, 3.8) is 0 Å². The molecule has 2 aromatic heterocycles. The summed E-state index contributed by atoms with van der Waals surface area (Å²) in [7, 11) is 0. The van der Waals surface area contributed by atoms with E-state index in [9.17, 15) is 4.79 Å². The van der Waals surface area contributed by atoms with E-state index in [0.717, 1.165) is 19.4 Å². The molecule has 18 heavy (non-hydrogen) atoms. The van der Waals surface area contributed by atoms with E-state index in [-0.39, 0.29) is 5.91 Å². The van der Waals surface area contributed by atoms with Crippen LogP contribution in [0.4, 0.5) is 5.82 Å². The molecule has 0 fully saturated rings. The predicted molar refractivity (Wildman–Crippen MR) is 66.8 cm³/mol. The number of nitrogens with zero attached hydrogens (tertiary/aromatic N) is 3. The first kappa shape index (κ1) is 12.2. The van der Waals surface area contributed by atoms with Crippen LogP contribution in [0.1, 0.15) is 23.3 Å². The van der Waals surface area contributed by atoms with Gasteiger partial charge in [0.05, 0.1) is 6.33 Å². The second-order valence-corrected chi connectivity index (χ2v) is 3.97. The number of rotatable bonds is 6. The van der Waals surface area contributed by atoms with Gasteiger partial charge in [0.2, 0.25) is 0 Å². The van der Waals surface area contributed by atoms with Gasteiger partial charge in [-0.1, -0.05) is 0 Å². The van der Waals surface area contributed by atoms with Crippen LogP contribution in [0.2, 0.25) is 0 Å². The number of anilines is 1. The summed E-state index contributed by atoms with van der Waals surface area (Å²) in [5.74, 6) is 0.141. The molecule has 0 aromatic carbocycles. The zero-order valence-corrected chi connectivity index (χ0v) is 9.97. The molecule has 1 amide bonds. The summed E-state index contributed by atoms with van der Waals surface area (Å²) in [4.78, 5) is 15.6. The molecule has 0 saturated carbocycles. The molecule has 0 radical (unpaired) electrons. The Kier molecular flexibility index (Phi) is 3.95. The van der Waals surface area contributed by atoms with Crippen molar-refractivity contribution >= 4 is 11.7 Å². The summed E-state index contributed by atoms with van der Waals surface area (Å²) < 4.78 is 2.01. The first-order valence-corrected chi connectivity index (χ1v) is 5.80. The fraction of sp³-hybridized carbons (Fsp3) is 0.364. The molecule has 0 saturated heterocycles. The molecule has 0 aliphatic carbocycles. The van der Waals surface area contributed by atoms with Crippen LogP contribution >= 0.6 is 0 Å². The van der Waals surface area contributed by atoms with Gasteiger partial charge in [-0.05, 0) is 12.8 Å². The number of unbranched alkanes of at least 4 members (excludes halogenated alkanes) is 1. The Balaban J connectivity index is 1.62. The average Bonchev–Trinajstić information content (AvgIpc) is 2.99.